The molecule has 0 spiro atoms. The number of carbonyl (C=O) groups excluding carboxylic acids is 1. The number of hydrogen-bond donors (Lipinski definition) is 2. The number of rotatable bonds is 7. The molecule has 0 radical (unpaired) electrons. The molecule has 0 aromatic heterocycles. The Labute approximate surface area is 177 Å². The number of nitrogens with one attached hydrogen (secondary N) is 1. The van der Waals surface area contributed by atoms with Crippen LogP contribution in [-0.2, 0) is 13.1 Å². The van der Waals surface area contributed by atoms with E-state index in [9.17, 15) is 4.79 Å². The van der Waals surface area contributed by atoms with E-state index in [0.717, 1.165) is 42.6 Å². The van der Waals surface area contributed by atoms with Gasteiger partial charge in [0, 0.05) is 25.2 Å². The zero-order chi connectivity index (χ0) is 21.3. The molecule has 0 bridgehead atoms. The lowest BCUT2D eigenvalue weighted by molar-refractivity contribution is 0.0724. The highest BCUT2D eigenvalue weighted by Gasteiger charge is 2.17. The average Bonchev–Trinajstić information content (AvgIpc) is 2.81. The lowest BCUT2D eigenvalue weighted by Gasteiger charge is -2.26. The molecule has 1 aliphatic heterocycles. The van der Waals surface area contributed by atoms with Gasteiger partial charge in [-0.2, -0.15) is 0 Å². The van der Waals surface area contributed by atoms with E-state index in [1.54, 1.807) is 14.2 Å². The van der Waals surface area contributed by atoms with Gasteiger partial charge in [0.15, 0.2) is 17.5 Å². The number of hydrogen-bond acceptors (Lipinski definition) is 4. The van der Waals surface area contributed by atoms with E-state index in [0.29, 0.717) is 30.5 Å². The van der Waals surface area contributed by atoms with Gasteiger partial charge in [0.05, 0.1) is 20.8 Å². The third-order valence-corrected chi connectivity index (χ3v) is 5.20. The maximum absolute atomic E-state index is 12.5. The van der Waals surface area contributed by atoms with Gasteiger partial charge in [-0.3, -0.25) is 4.79 Å². The molecule has 1 amide bonds. The Morgan fingerprint density at radius 2 is 1.67 bits per heavy atom. The Balaban J connectivity index is 1.51. The Morgan fingerprint density at radius 1 is 1.00 bits per heavy atom. The van der Waals surface area contributed by atoms with Crippen LogP contribution in [0.4, 0.5) is 0 Å². The standard InChI is InChI=1S/C23H30N4O3/c1-29-20-11-8-18(14-21(20)30-2)16-26-23(24)25-15-17-6-9-19(10-7-17)22(28)27-12-4-3-5-13-27/h6-11,14H,3-5,12-13,15-16H2,1-2H3,(H3,24,25,26). The third-order valence-electron chi connectivity index (χ3n) is 5.20. The minimum absolute atomic E-state index is 0.116. The number of benzene rings is 2. The molecule has 7 nitrogen and oxygen atoms in total. The van der Waals surface area contributed by atoms with Crippen molar-refractivity contribution in [2.24, 2.45) is 10.7 Å². The summed E-state index contributed by atoms with van der Waals surface area (Å²) in [6.45, 7) is 2.69. The summed E-state index contributed by atoms with van der Waals surface area (Å²) < 4.78 is 10.5. The molecular weight excluding hydrogens is 380 g/mol. The normalized spacial score (nSPS) is 14.3. The van der Waals surface area contributed by atoms with Crippen LogP contribution in [0.5, 0.6) is 11.5 Å². The fraction of sp³-hybridized carbons (Fsp3) is 0.391. The molecule has 1 aliphatic rings. The predicted molar refractivity (Wildman–Crippen MR) is 118 cm³/mol. The van der Waals surface area contributed by atoms with Crippen molar-refractivity contribution in [1.29, 1.82) is 0 Å². The van der Waals surface area contributed by atoms with Crippen molar-refractivity contribution in [2.45, 2.75) is 32.4 Å². The van der Waals surface area contributed by atoms with Crippen LogP contribution in [0.2, 0.25) is 0 Å². The number of carbonyl (C=O) groups is 1. The molecule has 1 fully saturated rings. The predicted octanol–water partition coefficient (Wildman–Crippen LogP) is 2.93. The van der Waals surface area contributed by atoms with Crippen molar-refractivity contribution in [3.05, 3.63) is 59.2 Å². The minimum Gasteiger partial charge on any atom is -0.493 e. The summed E-state index contributed by atoms with van der Waals surface area (Å²) in [6, 6.07) is 13.3. The average molecular weight is 411 g/mol. The number of ether oxygens (including phenoxy) is 2. The Bertz CT molecular complexity index is 875. The van der Waals surface area contributed by atoms with Crippen LogP contribution < -0.4 is 20.5 Å². The molecule has 1 heterocycles. The van der Waals surface area contributed by atoms with Gasteiger partial charge in [-0.15, -0.1) is 0 Å². The minimum atomic E-state index is 0.116. The van der Waals surface area contributed by atoms with Crippen molar-refractivity contribution >= 4 is 11.9 Å². The summed E-state index contributed by atoms with van der Waals surface area (Å²) in [7, 11) is 3.21. The molecule has 0 unspecified atom stereocenters. The van der Waals surface area contributed by atoms with Crippen molar-refractivity contribution < 1.29 is 14.3 Å². The molecule has 160 valence electrons. The van der Waals surface area contributed by atoms with Gasteiger partial charge in [-0.05, 0) is 54.7 Å². The van der Waals surface area contributed by atoms with Gasteiger partial charge in [-0.25, -0.2) is 4.99 Å². The zero-order valence-corrected chi connectivity index (χ0v) is 17.7. The summed E-state index contributed by atoms with van der Waals surface area (Å²) in [5.41, 5.74) is 8.73. The Kier molecular flexibility index (Phi) is 7.54. The summed E-state index contributed by atoms with van der Waals surface area (Å²) >= 11 is 0. The smallest absolute Gasteiger partial charge is 0.253 e. The van der Waals surface area contributed by atoms with Crippen LogP contribution in [-0.4, -0.2) is 44.1 Å². The highest BCUT2D eigenvalue weighted by molar-refractivity contribution is 5.94. The highest BCUT2D eigenvalue weighted by Crippen LogP contribution is 2.27. The third kappa shape index (κ3) is 5.65. The van der Waals surface area contributed by atoms with Crippen molar-refractivity contribution in [3.8, 4) is 11.5 Å². The van der Waals surface area contributed by atoms with E-state index >= 15 is 0 Å². The van der Waals surface area contributed by atoms with E-state index in [-0.39, 0.29) is 5.91 Å². The van der Waals surface area contributed by atoms with Crippen LogP contribution in [0.1, 0.15) is 40.7 Å². The second-order valence-electron chi connectivity index (χ2n) is 7.29. The van der Waals surface area contributed by atoms with Crippen molar-refractivity contribution in [3.63, 3.8) is 0 Å². The van der Waals surface area contributed by atoms with E-state index in [1.165, 1.54) is 6.42 Å². The van der Waals surface area contributed by atoms with E-state index in [1.807, 2.05) is 47.4 Å². The molecule has 1 saturated heterocycles. The van der Waals surface area contributed by atoms with Crippen molar-refractivity contribution in [2.75, 3.05) is 27.3 Å². The van der Waals surface area contributed by atoms with Crippen LogP contribution in [0, 0.1) is 0 Å². The first kappa shape index (κ1) is 21.5. The van der Waals surface area contributed by atoms with Gasteiger partial charge in [-0.1, -0.05) is 18.2 Å². The number of piperidine rings is 1. The summed E-state index contributed by atoms with van der Waals surface area (Å²) in [5, 5.41) is 3.11. The van der Waals surface area contributed by atoms with Crippen LogP contribution >= 0.6 is 0 Å². The second kappa shape index (κ2) is 10.5. The summed E-state index contributed by atoms with van der Waals surface area (Å²) in [6.07, 6.45) is 3.40. The number of nitrogens with zero attached hydrogens (tertiary/aromatic N) is 2. The number of methoxy groups -OCH3 is 2. The quantitative estimate of drug-likeness (QED) is 0.541. The Hall–Kier alpha value is -3.22. The number of aliphatic imine (C=N–C) groups is 1. The second-order valence-corrected chi connectivity index (χ2v) is 7.29. The SMILES string of the molecule is COc1ccc(CN=C(N)NCc2ccc(C(=O)N3CCCCC3)cc2)cc1OC. The van der Waals surface area contributed by atoms with Crippen LogP contribution in [0.25, 0.3) is 0 Å². The fourth-order valence-corrected chi connectivity index (χ4v) is 3.45. The monoisotopic (exact) mass is 410 g/mol. The largest absolute Gasteiger partial charge is 0.493 e. The molecule has 0 saturated carbocycles. The molecule has 2 aromatic rings. The summed E-state index contributed by atoms with van der Waals surface area (Å²) in [4.78, 5) is 18.9. The first-order chi connectivity index (χ1) is 14.6. The molecule has 3 rings (SSSR count). The zero-order valence-electron chi connectivity index (χ0n) is 17.7. The van der Waals surface area contributed by atoms with Gasteiger partial charge < -0.3 is 25.4 Å². The summed E-state index contributed by atoms with van der Waals surface area (Å²) in [5.74, 6) is 1.82. The van der Waals surface area contributed by atoms with Gasteiger partial charge >= 0.3 is 0 Å². The molecule has 7 heteroatoms. The van der Waals surface area contributed by atoms with Crippen LogP contribution in [0.3, 0.4) is 0 Å². The van der Waals surface area contributed by atoms with E-state index < -0.39 is 0 Å². The number of guanidine groups is 1. The lowest BCUT2D eigenvalue weighted by Crippen LogP contribution is -2.35. The molecule has 2 aromatic carbocycles. The number of likely N-dealkylation sites (tertiary alicyclic amines) is 1. The van der Waals surface area contributed by atoms with E-state index in [4.69, 9.17) is 15.2 Å². The first-order valence-corrected chi connectivity index (χ1v) is 10.2. The van der Waals surface area contributed by atoms with Crippen LogP contribution in [0.15, 0.2) is 47.5 Å². The molecule has 0 aliphatic carbocycles. The van der Waals surface area contributed by atoms with Gasteiger partial charge in [0.1, 0.15) is 0 Å². The molecule has 0 atom stereocenters. The van der Waals surface area contributed by atoms with Gasteiger partial charge in [0.2, 0.25) is 0 Å². The fourth-order valence-electron chi connectivity index (χ4n) is 3.45. The first-order valence-electron chi connectivity index (χ1n) is 10.2. The number of nitrogens with two attached hydrogens (primary N) is 1. The maximum atomic E-state index is 12.5. The Morgan fingerprint density at radius 3 is 2.33 bits per heavy atom. The molecule has 3 N–H and O–H groups in total. The lowest BCUT2D eigenvalue weighted by atomic mass is 10.1. The van der Waals surface area contributed by atoms with Crippen molar-refractivity contribution in [1.82, 2.24) is 10.2 Å². The topological polar surface area (TPSA) is 89.2 Å². The molecular formula is C23H30N4O3. The highest BCUT2D eigenvalue weighted by atomic mass is 16.5. The number of amides is 1. The maximum Gasteiger partial charge on any atom is 0.253 e. The molecule has 30 heavy (non-hydrogen) atoms. The van der Waals surface area contributed by atoms with E-state index in [2.05, 4.69) is 10.3 Å². The van der Waals surface area contributed by atoms with Gasteiger partial charge in [0.25, 0.3) is 5.91 Å².